The smallest absolute Gasteiger partial charge is 0.225 e. The maximum absolute atomic E-state index is 11.9. The molecule has 0 aromatic heterocycles. The molecule has 1 aliphatic heterocycles. The van der Waals surface area contributed by atoms with Crippen molar-refractivity contribution in [2.75, 3.05) is 32.0 Å². The quantitative estimate of drug-likeness (QED) is 0.892. The number of amides is 1. The zero-order valence-electron chi connectivity index (χ0n) is 10.4. The average Bonchev–Trinajstić information content (AvgIpc) is 2.35. The summed E-state index contributed by atoms with van der Waals surface area (Å²) in [6.45, 7) is 2.88. The van der Waals surface area contributed by atoms with Gasteiger partial charge in [-0.3, -0.25) is 4.79 Å². The molecule has 2 rings (SSSR count). The van der Waals surface area contributed by atoms with Crippen LogP contribution in [0.5, 0.6) is 0 Å². The predicted octanol–water partition coefficient (Wildman–Crippen LogP) is 1.68. The lowest BCUT2D eigenvalue weighted by Gasteiger charge is -2.32. The molecule has 0 saturated carbocycles. The van der Waals surface area contributed by atoms with Crippen LogP contribution in [-0.2, 0) is 4.79 Å². The Morgan fingerprint density at radius 3 is 2.89 bits per heavy atom. The predicted molar refractivity (Wildman–Crippen MR) is 76.7 cm³/mol. The van der Waals surface area contributed by atoms with E-state index in [4.69, 9.17) is 0 Å². The Balaban J connectivity index is 1.86. The third-order valence-electron chi connectivity index (χ3n) is 3.19. The molecule has 4 nitrogen and oxygen atoms in total. The van der Waals surface area contributed by atoms with E-state index in [1.165, 1.54) is 0 Å². The molecule has 1 heterocycles. The minimum Gasteiger partial charge on any atom is -0.326 e. The summed E-state index contributed by atoms with van der Waals surface area (Å²) in [6, 6.07) is 7.91. The molecule has 0 bridgehead atoms. The van der Waals surface area contributed by atoms with Crippen LogP contribution in [0.2, 0.25) is 0 Å². The van der Waals surface area contributed by atoms with Gasteiger partial charge in [0.1, 0.15) is 0 Å². The van der Waals surface area contributed by atoms with Gasteiger partial charge in [-0.15, -0.1) is 0 Å². The van der Waals surface area contributed by atoms with Crippen LogP contribution >= 0.6 is 15.9 Å². The van der Waals surface area contributed by atoms with Crippen LogP contribution in [0.1, 0.15) is 6.42 Å². The molecule has 1 unspecified atom stereocenters. The number of hydrogen-bond acceptors (Lipinski definition) is 3. The Bertz CT molecular complexity index is 407. The first kappa shape index (κ1) is 13.5. The number of halogens is 1. The number of benzene rings is 1. The first-order chi connectivity index (χ1) is 8.65. The van der Waals surface area contributed by atoms with Crippen LogP contribution in [-0.4, -0.2) is 43.5 Å². The van der Waals surface area contributed by atoms with Gasteiger partial charge in [0.15, 0.2) is 0 Å². The van der Waals surface area contributed by atoms with Gasteiger partial charge in [-0.2, -0.15) is 0 Å². The van der Waals surface area contributed by atoms with Crippen molar-refractivity contribution in [3.8, 4) is 0 Å². The molecule has 18 heavy (non-hydrogen) atoms. The second-order valence-electron chi connectivity index (χ2n) is 4.60. The highest BCUT2D eigenvalue weighted by molar-refractivity contribution is 9.10. The molecule has 1 aliphatic rings. The molecule has 1 fully saturated rings. The zero-order valence-corrected chi connectivity index (χ0v) is 12.0. The fourth-order valence-corrected chi connectivity index (χ4v) is 2.31. The number of nitrogens with zero attached hydrogens (tertiary/aromatic N) is 1. The van der Waals surface area contributed by atoms with E-state index in [9.17, 15) is 4.79 Å². The number of piperazine rings is 1. The molecule has 2 N–H and O–H groups in total. The Labute approximate surface area is 116 Å². The number of rotatable bonds is 3. The number of hydrogen-bond donors (Lipinski definition) is 2. The van der Waals surface area contributed by atoms with Gasteiger partial charge in [0.25, 0.3) is 0 Å². The van der Waals surface area contributed by atoms with E-state index < -0.39 is 0 Å². The lowest BCUT2D eigenvalue weighted by molar-refractivity contribution is -0.117. The van der Waals surface area contributed by atoms with Crippen molar-refractivity contribution in [3.63, 3.8) is 0 Å². The monoisotopic (exact) mass is 311 g/mol. The molecule has 1 atom stereocenters. The van der Waals surface area contributed by atoms with Crippen molar-refractivity contribution in [2.45, 2.75) is 12.5 Å². The lowest BCUT2D eigenvalue weighted by atomic mass is 10.1. The number of carbonyl (C=O) groups is 1. The Hall–Kier alpha value is -0.910. The first-order valence-electron chi connectivity index (χ1n) is 6.11. The molecule has 5 heteroatoms. The second-order valence-corrected chi connectivity index (χ2v) is 5.51. The molecule has 0 radical (unpaired) electrons. The molecule has 1 aromatic carbocycles. The van der Waals surface area contributed by atoms with Gasteiger partial charge in [-0.1, -0.05) is 15.9 Å². The Morgan fingerprint density at radius 2 is 2.22 bits per heavy atom. The van der Waals surface area contributed by atoms with Gasteiger partial charge < -0.3 is 15.5 Å². The number of carbonyl (C=O) groups excluding carboxylic acids is 1. The van der Waals surface area contributed by atoms with Crippen molar-refractivity contribution in [1.82, 2.24) is 10.2 Å². The summed E-state index contributed by atoms with van der Waals surface area (Å²) in [6.07, 6.45) is 0.527. The minimum atomic E-state index is 0.0675. The molecular formula is C13H18BrN3O. The average molecular weight is 312 g/mol. The standard InChI is InChI=1S/C13H18BrN3O/c1-17-7-6-15-9-12(17)8-13(18)16-11-4-2-10(14)3-5-11/h2-5,12,15H,6-9H2,1H3,(H,16,18). The first-order valence-corrected chi connectivity index (χ1v) is 6.91. The lowest BCUT2D eigenvalue weighted by Crippen LogP contribution is -2.50. The van der Waals surface area contributed by atoms with Crippen LogP contribution in [0.3, 0.4) is 0 Å². The highest BCUT2D eigenvalue weighted by Crippen LogP contribution is 2.15. The molecule has 1 amide bonds. The minimum absolute atomic E-state index is 0.0675. The summed E-state index contributed by atoms with van der Waals surface area (Å²) >= 11 is 3.37. The fourth-order valence-electron chi connectivity index (χ4n) is 2.05. The molecule has 1 saturated heterocycles. The second kappa shape index (κ2) is 6.31. The normalized spacial score (nSPS) is 20.7. The Morgan fingerprint density at radius 1 is 1.50 bits per heavy atom. The van der Waals surface area contributed by atoms with E-state index in [-0.39, 0.29) is 11.9 Å². The van der Waals surface area contributed by atoms with Crippen LogP contribution in [0.15, 0.2) is 28.7 Å². The van der Waals surface area contributed by atoms with Gasteiger partial charge in [0.2, 0.25) is 5.91 Å². The summed E-state index contributed by atoms with van der Waals surface area (Å²) in [5.74, 6) is 0.0675. The van der Waals surface area contributed by atoms with E-state index in [0.29, 0.717) is 6.42 Å². The van der Waals surface area contributed by atoms with Gasteiger partial charge in [0.05, 0.1) is 0 Å². The molecule has 1 aromatic rings. The third kappa shape index (κ3) is 3.80. The molecule has 98 valence electrons. The van der Waals surface area contributed by atoms with Crippen LogP contribution in [0.4, 0.5) is 5.69 Å². The number of nitrogens with one attached hydrogen (secondary N) is 2. The van der Waals surface area contributed by atoms with Crippen LogP contribution in [0.25, 0.3) is 0 Å². The largest absolute Gasteiger partial charge is 0.326 e. The Kier molecular flexibility index (Phi) is 4.74. The maximum Gasteiger partial charge on any atom is 0.225 e. The summed E-state index contributed by atoms with van der Waals surface area (Å²) in [4.78, 5) is 14.2. The van der Waals surface area contributed by atoms with Crippen molar-refractivity contribution in [1.29, 1.82) is 0 Å². The SMILES string of the molecule is CN1CCNCC1CC(=O)Nc1ccc(Br)cc1. The van der Waals surface area contributed by atoms with Gasteiger partial charge >= 0.3 is 0 Å². The zero-order chi connectivity index (χ0) is 13.0. The summed E-state index contributed by atoms with van der Waals surface area (Å²) in [5, 5.41) is 6.24. The van der Waals surface area contributed by atoms with Crippen molar-refractivity contribution < 1.29 is 4.79 Å². The van der Waals surface area contributed by atoms with Crippen LogP contribution in [0, 0.1) is 0 Å². The van der Waals surface area contributed by atoms with Gasteiger partial charge in [0, 0.05) is 42.3 Å². The summed E-state index contributed by atoms with van der Waals surface area (Å²) < 4.78 is 1.01. The van der Waals surface area contributed by atoms with Crippen molar-refractivity contribution in [3.05, 3.63) is 28.7 Å². The van der Waals surface area contributed by atoms with Gasteiger partial charge in [-0.05, 0) is 31.3 Å². The highest BCUT2D eigenvalue weighted by Gasteiger charge is 2.21. The maximum atomic E-state index is 11.9. The molecular weight excluding hydrogens is 294 g/mol. The van der Waals surface area contributed by atoms with E-state index >= 15 is 0 Å². The van der Waals surface area contributed by atoms with Crippen molar-refractivity contribution in [2.24, 2.45) is 0 Å². The summed E-state index contributed by atoms with van der Waals surface area (Å²) in [7, 11) is 2.07. The van der Waals surface area contributed by atoms with Gasteiger partial charge in [-0.25, -0.2) is 0 Å². The number of anilines is 1. The van der Waals surface area contributed by atoms with E-state index in [2.05, 4.69) is 38.5 Å². The molecule has 0 aliphatic carbocycles. The summed E-state index contributed by atoms with van der Waals surface area (Å²) in [5.41, 5.74) is 0.842. The number of likely N-dealkylation sites (N-methyl/N-ethyl adjacent to an activating group) is 1. The van der Waals surface area contributed by atoms with Crippen molar-refractivity contribution >= 4 is 27.5 Å². The fraction of sp³-hybridized carbons (Fsp3) is 0.462. The van der Waals surface area contributed by atoms with E-state index in [1.807, 2.05) is 24.3 Å². The topological polar surface area (TPSA) is 44.4 Å². The van der Waals surface area contributed by atoms with E-state index in [0.717, 1.165) is 29.8 Å². The van der Waals surface area contributed by atoms with Crippen LogP contribution < -0.4 is 10.6 Å². The third-order valence-corrected chi connectivity index (χ3v) is 3.72. The molecule has 0 spiro atoms. The van der Waals surface area contributed by atoms with E-state index in [1.54, 1.807) is 0 Å². The highest BCUT2D eigenvalue weighted by atomic mass is 79.9.